The lowest BCUT2D eigenvalue weighted by Gasteiger charge is -2.02. The normalized spacial score (nSPS) is 10.6. The van der Waals surface area contributed by atoms with Crippen molar-refractivity contribution in [1.82, 2.24) is 9.78 Å². The number of halogens is 1. The van der Waals surface area contributed by atoms with Gasteiger partial charge in [0.05, 0.1) is 31.8 Å². The van der Waals surface area contributed by atoms with Crippen LogP contribution in [-0.2, 0) is 16.1 Å². The topological polar surface area (TPSA) is 44.1 Å². The van der Waals surface area contributed by atoms with Gasteiger partial charge < -0.3 is 4.74 Å². The number of esters is 1. The highest BCUT2D eigenvalue weighted by Crippen LogP contribution is 2.19. The first-order valence-corrected chi connectivity index (χ1v) is 5.68. The second-order valence-electron chi connectivity index (χ2n) is 3.40. The molecule has 1 aromatic heterocycles. The summed E-state index contributed by atoms with van der Waals surface area (Å²) in [6.45, 7) is 0.534. The number of ether oxygens (including phenoxy) is 1. The van der Waals surface area contributed by atoms with Gasteiger partial charge in [-0.05, 0) is 12.1 Å². The molecule has 0 radical (unpaired) electrons. The van der Waals surface area contributed by atoms with E-state index in [1.807, 2.05) is 18.2 Å². The maximum Gasteiger partial charge on any atom is 0.307 e. The van der Waals surface area contributed by atoms with E-state index in [1.54, 1.807) is 10.9 Å². The van der Waals surface area contributed by atoms with E-state index < -0.39 is 0 Å². The summed E-state index contributed by atoms with van der Waals surface area (Å²) in [5, 5.41) is 5.29. The Morgan fingerprint density at radius 3 is 3.12 bits per heavy atom. The second kappa shape index (κ2) is 4.65. The van der Waals surface area contributed by atoms with Crippen molar-refractivity contribution < 1.29 is 9.53 Å². The fraction of sp³-hybridized carbons (Fsp3) is 0.273. The molecule has 0 unspecified atom stereocenters. The third kappa shape index (κ3) is 2.24. The summed E-state index contributed by atoms with van der Waals surface area (Å²) < 4.78 is 7.40. The van der Waals surface area contributed by atoms with Crippen LogP contribution in [0.5, 0.6) is 0 Å². The van der Waals surface area contributed by atoms with Gasteiger partial charge >= 0.3 is 5.97 Å². The van der Waals surface area contributed by atoms with Crippen molar-refractivity contribution in [3.63, 3.8) is 0 Å². The van der Waals surface area contributed by atoms with Gasteiger partial charge in [-0.3, -0.25) is 9.48 Å². The number of rotatable bonds is 3. The summed E-state index contributed by atoms with van der Waals surface area (Å²) >= 11 is 3.41. The number of hydrogen-bond acceptors (Lipinski definition) is 3. The van der Waals surface area contributed by atoms with Crippen molar-refractivity contribution in [2.45, 2.75) is 13.0 Å². The van der Waals surface area contributed by atoms with Crippen LogP contribution >= 0.6 is 15.9 Å². The number of aromatic nitrogens is 2. The number of carbonyl (C=O) groups excluding carboxylic acids is 1. The Morgan fingerprint density at radius 2 is 2.38 bits per heavy atom. The van der Waals surface area contributed by atoms with E-state index >= 15 is 0 Å². The van der Waals surface area contributed by atoms with Crippen LogP contribution in [0.15, 0.2) is 28.9 Å². The molecule has 5 heteroatoms. The van der Waals surface area contributed by atoms with Gasteiger partial charge in [0.1, 0.15) is 0 Å². The Balaban J connectivity index is 2.24. The van der Waals surface area contributed by atoms with Crippen molar-refractivity contribution in [3.05, 3.63) is 28.9 Å². The zero-order valence-corrected chi connectivity index (χ0v) is 10.4. The summed E-state index contributed by atoms with van der Waals surface area (Å²) in [7, 11) is 1.39. The van der Waals surface area contributed by atoms with Crippen molar-refractivity contribution in [2.24, 2.45) is 0 Å². The molecular formula is C11H11BrN2O2. The number of benzene rings is 1. The molecule has 0 saturated heterocycles. The van der Waals surface area contributed by atoms with Crippen LogP contribution in [0.1, 0.15) is 6.42 Å². The quantitative estimate of drug-likeness (QED) is 0.812. The lowest BCUT2D eigenvalue weighted by molar-refractivity contribution is -0.140. The Kier molecular flexibility index (Phi) is 3.24. The van der Waals surface area contributed by atoms with Gasteiger partial charge in [0.25, 0.3) is 0 Å². The highest BCUT2D eigenvalue weighted by molar-refractivity contribution is 9.10. The van der Waals surface area contributed by atoms with Crippen LogP contribution in [-0.4, -0.2) is 22.9 Å². The van der Waals surface area contributed by atoms with E-state index in [9.17, 15) is 4.79 Å². The molecule has 16 heavy (non-hydrogen) atoms. The maximum atomic E-state index is 11.0. The first-order chi connectivity index (χ1) is 7.70. The minimum absolute atomic E-state index is 0.223. The average molecular weight is 283 g/mol. The zero-order chi connectivity index (χ0) is 11.5. The third-order valence-electron chi connectivity index (χ3n) is 2.36. The molecule has 0 aliphatic rings. The predicted octanol–water partition coefficient (Wildman–Crippen LogP) is 2.36. The molecule has 0 amide bonds. The van der Waals surface area contributed by atoms with E-state index in [-0.39, 0.29) is 5.97 Å². The Bertz CT molecular complexity index is 522. The minimum atomic E-state index is -0.223. The van der Waals surface area contributed by atoms with Crippen LogP contribution in [0.25, 0.3) is 10.9 Å². The molecule has 2 aromatic rings. The molecular weight excluding hydrogens is 272 g/mol. The molecule has 0 saturated carbocycles. The van der Waals surface area contributed by atoms with E-state index in [2.05, 4.69) is 25.8 Å². The highest BCUT2D eigenvalue weighted by Gasteiger charge is 2.05. The number of hydrogen-bond donors (Lipinski definition) is 0. The van der Waals surface area contributed by atoms with Gasteiger partial charge in [-0.1, -0.05) is 22.0 Å². The largest absolute Gasteiger partial charge is 0.469 e. The SMILES string of the molecule is COC(=O)CCn1ncc2ccc(Br)cc21. The van der Waals surface area contributed by atoms with E-state index in [1.165, 1.54) is 7.11 Å². The Morgan fingerprint density at radius 1 is 1.56 bits per heavy atom. The molecule has 1 heterocycles. The smallest absolute Gasteiger partial charge is 0.307 e. The van der Waals surface area contributed by atoms with Crippen molar-refractivity contribution in [3.8, 4) is 0 Å². The van der Waals surface area contributed by atoms with Gasteiger partial charge in [-0.25, -0.2) is 0 Å². The maximum absolute atomic E-state index is 11.0. The molecule has 0 aliphatic carbocycles. The predicted molar refractivity (Wildman–Crippen MR) is 64.1 cm³/mol. The van der Waals surface area contributed by atoms with Gasteiger partial charge in [0.2, 0.25) is 0 Å². The van der Waals surface area contributed by atoms with E-state index in [4.69, 9.17) is 0 Å². The second-order valence-corrected chi connectivity index (χ2v) is 4.31. The summed E-state index contributed by atoms with van der Waals surface area (Å²) in [6.07, 6.45) is 2.12. The van der Waals surface area contributed by atoms with Crippen LogP contribution in [0.3, 0.4) is 0 Å². The van der Waals surface area contributed by atoms with E-state index in [0.717, 1.165) is 15.4 Å². The fourth-order valence-electron chi connectivity index (χ4n) is 1.52. The van der Waals surface area contributed by atoms with E-state index in [0.29, 0.717) is 13.0 Å². The van der Waals surface area contributed by atoms with Crippen molar-refractivity contribution in [1.29, 1.82) is 0 Å². The van der Waals surface area contributed by atoms with Crippen LogP contribution in [0.4, 0.5) is 0 Å². The lowest BCUT2D eigenvalue weighted by Crippen LogP contribution is -2.07. The summed E-state index contributed by atoms with van der Waals surface area (Å²) in [6, 6.07) is 5.94. The Hall–Kier alpha value is -1.36. The van der Waals surface area contributed by atoms with Crippen molar-refractivity contribution >= 4 is 32.8 Å². The molecule has 0 bridgehead atoms. The zero-order valence-electron chi connectivity index (χ0n) is 8.81. The standard InChI is InChI=1S/C11H11BrN2O2/c1-16-11(15)4-5-14-10-6-9(12)3-2-8(10)7-13-14/h2-3,6-7H,4-5H2,1H3. The summed E-state index contributed by atoms with van der Waals surface area (Å²) in [5.41, 5.74) is 1.01. The number of nitrogens with zero attached hydrogens (tertiary/aromatic N) is 2. The molecule has 0 spiro atoms. The lowest BCUT2D eigenvalue weighted by atomic mass is 10.2. The number of fused-ring (bicyclic) bond motifs is 1. The monoisotopic (exact) mass is 282 g/mol. The van der Waals surface area contributed by atoms with Gasteiger partial charge in [-0.2, -0.15) is 5.10 Å². The average Bonchev–Trinajstić information content (AvgIpc) is 2.68. The fourth-order valence-corrected chi connectivity index (χ4v) is 1.87. The molecule has 84 valence electrons. The molecule has 2 rings (SSSR count). The summed E-state index contributed by atoms with van der Waals surface area (Å²) in [5.74, 6) is -0.223. The number of aryl methyl sites for hydroxylation is 1. The van der Waals surface area contributed by atoms with Crippen LogP contribution < -0.4 is 0 Å². The number of methoxy groups -OCH3 is 1. The molecule has 0 atom stereocenters. The van der Waals surface area contributed by atoms with Gasteiger partial charge in [0, 0.05) is 9.86 Å². The molecule has 1 aromatic carbocycles. The number of carbonyl (C=O) groups is 1. The van der Waals surface area contributed by atoms with Crippen LogP contribution in [0.2, 0.25) is 0 Å². The van der Waals surface area contributed by atoms with Gasteiger partial charge in [0.15, 0.2) is 0 Å². The Labute approximate surface area is 101 Å². The van der Waals surface area contributed by atoms with Crippen LogP contribution in [0, 0.1) is 0 Å². The van der Waals surface area contributed by atoms with Gasteiger partial charge in [-0.15, -0.1) is 0 Å². The third-order valence-corrected chi connectivity index (χ3v) is 2.86. The molecule has 0 fully saturated rings. The highest BCUT2D eigenvalue weighted by atomic mass is 79.9. The first-order valence-electron chi connectivity index (χ1n) is 4.88. The van der Waals surface area contributed by atoms with Crippen molar-refractivity contribution in [2.75, 3.05) is 7.11 Å². The molecule has 0 aliphatic heterocycles. The summed E-state index contributed by atoms with van der Waals surface area (Å²) in [4.78, 5) is 11.0. The minimum Gasteiger partial charge on any atom is -0.469 e. The first kappa shape index (κ1) is 11.1. The molecule has 0 N–H and O–H groups in total. The molecule has 4 nitrogen and oxygen atoms in total.